The van der Waals surface area contributed by atoms with Crippen molar-refractivity contribution in [3.63, 3.8) is 0 Å². The highest BCUT2D eigenvalue weighted by Gasteiger charge is 2.29. The topological polar surface area (TPSA) is 75.4 Å². The highest BCUT2D eigenvalue weighted by atomic mass is 32.1. The molecule has 0 spiro atoms. The van der Waals surface area contributed by atoms with Crippen molar-refractivity contribution in [2.24, 2.45) is 0 Å². The van der Waals surface area contributed by atoms with E-state index >= 15 is 0 Å². The van der Waals surface area contributed by atoms with Crippen LogP contribution in [0.2, 0.25) is 0 Å². The predicted molar refractivity (Wildman–Crippen MR) is 68.9 cm³/mol. The molecular formula is C12H12F2N2O3S. The molecule has 20 heavy (non-hydrogen) atoms. The lowest BCUT2D eigenvalue weighted by Crippen LogP contribution is -2.39. The minimum atomic E-state index is -3.34. The summed E-state index contributed by atoms with van der Waals surface area (Å²) in [5.74, 6) is -3.54. The molecule has 108 valence electrons. The van der Waals surface area contributed by atoms with Crippen LogP contribution in [0.15, 0.2) is 22.8 Å². The van der Waals surface area contributed by atoms with Crippen LogP contribution in [0.1, 0.15) is 15.4 Å². The Balaban J connectivity index is 2.11. The third-order valence-electron chi connectivity index (χ3n) is 2.48. The number of halogens is 2. The number of hydrogen-bond acceptors (Lipinski definition) is 5. The van der Waals surface area contributed by atoms with E-state index in [0.717, 1.165) is 0 Å². The van der Waals surface area contributed by atoms with Gasteiger partial charge in [0.25, 0.3) is 11.8 Å². The lowest BCUT2D eigenvalue weighted by molar-refractivity contribution is -0.0462. The summed E-state index contributed by atoms with van der Waals surface area (Å²) in [6, 6.07) is 3.38. The van der Waals surface area contributed by atoms with E-state index in [4.69, 9.17) is 9.52 Å². The van der Waals surface area contributed by atoms with Crippen molar-refractivity contribution in [2.75, 3.05) is 13.2 Å². The third-order valence-corrected chi connectivity index (χ3v) is 3.47. The fourth-order valence-electron chi connectivity index (χ4n) is 1.46. The minimum absolute atomic E-state index is 0.0788. The van der Waals surface area contributed by atoms with Crippen LogP contribution in [0.5, 0.6) is 0 Å². The van der Waals surface area contributed by atoms with Crippen molar-refractivity contribution < 1.29 is 23.1 Å². The Labute approximate surface area is 117 Å². The van der Waals surface area contributed by atoms with Gasteiger partial charge in [-0.3, -0.25) is 4.79 Å². The number of amides is 1. The molecule has 5 nitrogen and oxygen atoms in total. The Hall–Kier alpha value is -1.80. The minimum Gasteiger partial charge on any atom is -0.462 e. The second-order valence-electron chi connectivity index (χ2n) is 4.10. The fraction of sp³-hybridized carbons (Fsp3) is 0.333. The van der Waals surface area contributed by atoms with Crippen LogP contribution in [-0.2, 0) is 0 Å². The largest absolute Gasteiger partial charge is 0.462 e. The zero-order valence-electron chi connectivity index (χ0n) is 10.5. The summed E-state index contributed by atoms with van der Waals surface area (Å²) < 4.78 is 30.9. The highest BCUT2D eigenvalue weighted by Crippen LogP contribution is 2.27. The lowest BCUT2D eigenvalue weighted by Gasteiger charge is -2.13. The molecular weight excluding hydrogens is 290 g/mol. The zero-order chi connectivity index (χ0) is 14.8. The van der Waals surface area contributed by atoms with Crippen molar-refractivity contribution in [1.82, 2.24) is 10.3 Å². The van der Waals surface area contributed by atoms with Crippen LogP contribution in [0.4, 0.5) is 8.78 Å². The van der Waals surface area contributed by atoms with Crippen molar-refractivity contribution in [2.45, 2.75) is 12.8 Å². The van der Waals surface area contributed by atoms with Gasteiger partial charge in [-0.2, -0.15) is 0 Å². The molecule has 0 bridgehead atoms. The molecule has 0 aliphatic heterocycles. The summed E-state index contributed by atoms with van der Waals surface area (Å²) in [7, 11) is 0. The summed E-state index contributed by atoms with van der Waals surface area (Å²) in [5, 5.41) is 11.0. The molecule has 0 atom stereocenters. The summed E-state index contributed by atoms with van der Waals surface area (Å²) in [4.78, 5) is 16.5. The summed E-state index contributed by atoms with van der Waals surface area (Å²) in [5.41, 5.74) is 0.0788. The Morgan fingerprint density at radius 1 is 1.60 bits per heavy atom. The van der Waals surface area contributed by atoms with Crippen LogP contribution in [0, 0.1) is 6.92 Å². The van der Waals surface area contributed by atoms with Crippen LogP contribution in [-0.4, -0.2) is 35.1 Å². The summed E-state index contributed by atoms with van der Waals surface area (Å²) in [6.45, 7) is -0.584. The van der Waals surface area contributed by atoms with E-state index in [-0.39, 0.29) is 5.69 Å². The van der Waals surface area contributed by atoms with Crippen molar-refractivity contribution in [3.05, 3.63) is 29.0 Å². The molecule has 8 heteroatoms. The Bertz CT molecular complexity index is 596. The van der Waals surface area contributed by atoms with Gasteiger partial charge in [0.05, 0.1) is 12.8 Å². The zero-order valence-corrected chi connectivity index (χ0v) is 11.3. The summed E-state index contributed by atoms with van der Waals surface area (Å²) >= 11 is 1.24. The molecule has 2 N–H and O–H groups in total. The average molecular weight is 302 g/mol. The number of nitrogens with one attached hydrogen (secondary N) is 1. The number of aromatic nitrogens is 1. The van der Waals surface area contributed by atoms with Crippen LogP contribution >= 0.6 is 11.3 Å². The Kier molecular flexibility index (Phi) is 4.15. The molecule has 0 saturated heterocycles. The number of alkyl halides is 2. The van der Waals surface area contributed by atoms with E-state index < -0.39 is 25.0 Å². The fourth-order valence-corrected chi connectivity index (χ4v) is 2.34. The van der Waals surface area contributed by atoms with E-state index in [1.807, 2.05) is 0 Å². The first-order valence-electron chi connectivity index (χ1n) is 5.71. The van der Waals surface area contributed by atoms with Crippen LogP contribution in [0.3, 0.4) is 0 Å². The number of aliphatic hydroxyl groups is 1. The molecule has 0 radical (unpaired) electrons. The molecule has 0 saturated carbocycles. The van der Waals surface area contributed by atoms with E-state index in [9.17, 15) is 13.6 Å². The number of nitrogens with zero attached hydrogens (tertiary/aromatic N) is 1. The number of aryl methyl sites for hydroxylation is 1. The normalized spacial score (nSPS) is 11.6. The maximum absolute atomic E-state index is 12.9. The number of hydrogen-bond donors (Lipinski definition) is 2. The van der Waals surface area contributed by atoms with Crippen LogP contribution < -0.4 is 5.32 Å². The molecule has 2 aromatic heterocycles. The standard InChI is InChI=1S/C12H12F2N2O3S/c1-7-9(10(18)15-5-12(13,14)6-17)16-11(20-7)8-3-2-4-19-8/h2-4,17H,5-6H2,1H3,(H,15,18). The van der Waals surface area contributed by atoms with Crippen molar-refractivity contribution in [1.29, 1.82) is 0 Å². The highest BCUT2D eigenvalue weighted by molar-refractivity contribution is 7.15. The SMILES string of the molecule is Cc1sc(-c2ccco2)nc1C(=O)NCC(F)(F)CO. The van der Waals surface area contributed by atoms with Gasteiger partial charge in [0.2, 0.25) is 0 Å². The number of aliphatic hydroxyl groups excluding tert-OH is 1. The van der Waals surface area contributed by atoms with E-state index in [2.05, 4.69) is 10.3 Å². The maximum Gasteiger partial charge on any atom is 0.287 e. The maximum atomic E-state index is 12.9. The summed E-state index contributed by atoms with van der Waals surface area (Å²) in [6.07, 6.45) is 1.48. The van der Waals surface area contributed by atoms with Gasteiger partial charge in [-0.05, 0) is 19.1 Å². The van der Waals surface area contributed by atoms with Gasteiger partial charge in [0.15, 0.2) is 10.8 Å². The first-order chi connectivity index (χ1) is 9.43. The van der Waals surface area contributed by atoms with Gasteiger partial charge in [0, 0.05) is 4.88 Å². The van der Waals surface area contributed by atoms with E-state index in [1.54, 1.807) is 19.1 Å². The number of thiazole rings is 1. The van der Waals surface area contributed by atoms with Gasteiger partial charge in [-0.1, -0.05) is 0 Å². The monoisotopic (exact) mass is 302 g/mol. The first kappa shape index (κ1) is 14.6. The second kappa shape index (κ2) is 5.68. The quantitative estimate of drug-likeness (QED) is 0.886. The van der Waals surface area contributed by atoms with Crippen molar-refractivity contribution >= 4 is 17.2 Å². The van der Waals surface area contributed by atoms with Gasteiger partial charge < -0.3 is 14.8 Å². The molecule has 0 aliphatic rings. The van der Waals surface area contributed by atoms with Gasteiger partial charge in [-0.15, -0.1) is 11.3 Å². The Morgan fingerprint density at radius 2 is 2.35 bits per heavy atom. The van der Waals surface area contributed by atoms with E-state index in [0.29, 0.717) is 15.6 Å². The molecule has 0 unspecified atom stereocenters. The first-order valence-corrected chi connectivity index (χ1v) is 6.53. The number of furan rings is 1. The second-order valence-corrected chi connectivity index (χ2v) is 5.30. The molecule has 1 amide bonds. The van der Waals surface area contributed by atoms with Gasteiger partial charge in [-0.25, -0.2) is 13.8 Å². The predicted octanol–water partition coefficient (Wildman–Crippen LogP) is 2.07. The smallest absolute Gasteiger partial charge is 0.287 e. The number of rotatable bonds is 5. The number of carbonyl (C=O) groups excluding carboxylic acids is 1. The van der Waals surface area contributed by atoms with Gasteiger partial charge in [0.1, 0.15) is 12.3 Å². The Morgan fingerprint density at radius 3 is 2.95 bits per heavy atom. The third kappa shape index (κ3) is 3.20. The van der Waals surface area contributed by atoms with Gasteiger partial charge >= 0.3 is 0 Å². The molecule has 0 fully saturated rings. The molecule has 2 heterocycles. The lowest BCUT2D eigenvalue weighted by atomic mass is 10.3. The molecule has 0 aromatic carbocycles. The molecule has 2 aromatic rings. The molecule has 0 aliphatic carbocycles. The molecule has 2 rings (SSSR count). The average Bonchev–Trinajstić information content (AvgIpc) is 3.05. The van der Waals surface area contributed by atoms with Crippen molar-refractivity contribution in [3.8, 4) is 10.8 Å². The van der Waals surface area contributed by atoms with E-state index in [1.165, 1.54) is 17.6 Å². The number of carbonyl (C=O) groups is 1. The van der Waals surface area contributed by atoms with Crippen LogP contribution in [0.25, 0.3) is 10.8 Å².